The van der Waals surface area contributed by atoms with Gasteiger partial charge in [-0.3, -0.25) is 4.57 Å². The summed E-state index contributed by atoms with van der Waals surface area (Å²) in [5, 5.41) is 9.67. The van der Waals surface area contributed by atoms with Crippen molar-refractivity contribution in [2.75, 3.05) is 32.1 Å². The van der Waals surface area contributed by atoms with Gasteiger partial charge in [0, 0.05) is 49.7 Å². The second-order valence-electron chi connectivity index (χ2n) is 7.65. The molecule has 0 aliphatic carbocycles. The molecule has 1 N–H and O–H groups in total. The minimum absolute atomic E-state index is 0.109. The molecule has 31 heavy (non-hydrogen) atoms. The van der Waals surface area contributed by atoms with Crippen molar-refractivity contribution >= 4 is 27.6 Å². The average molecular weight is 485 g/mol. The maximum absolute atomic E-state index is 13.0. The summed E-state index contributed by atoms with van der Waals surface area (Å²) < 4.78 is 7.85. The Morgan fingerprint density at radius 2 is 2.00 bits per heavy atom. The zero-order valence-electron chi connectivity index (χ0n) is 17.5. The Morgan fingerprint density at radius 3 is 2.71 bits per heavy atom. The first-order chi connectivity index (χ1) is 15.0. The number of ether oxygens (including phenoxy) is 1. The lowest BCUT2D eigenvalue weighted by Gasteiger charge is -2.37. The van der Waals surface area contributed by atoms with Crippen LogP contribution in [0.25, 0.3) is 11.3 Å². The summed E-state index contributed by atoms with van der Waals surface area (Å²) in [7, 11) is 3.51. The molecular weight excluding hydrogens is 460 g/mol. The van der Waals surface area contributed by atoms with E-state index < -0.39 is 0 Å². The molecule has 0 spiro atoms. The fourth-order valence-electron chi connectivity index (χ4n) is 3.94. The van der Waals surface area contributed by atoms with Crippen LogP contribution in [0.3, 0.4) is 0 Å². The zero-order valence-corrected chi connectivity index (χ0v) is 19.1. The van der Waals surface area contributed by atoms with Gasteiger partial charge < -0.3 is 19.6 Å². The molecule has 4 rings (SSSR count). The monoisotopic (exact) mass is 484 g/mol. The Kier molecular flexibility index (Phi) is 6.18. The van der Waals surface area contributed by atoms with Crippen LogP contribution in [0.15, 0.2) is 59.5 Å². The number of anilines is 1. The van der Waals surface area contributed by atoms with E-state index in [1.807, 2.05) is 25.2 Å². The smallest absolute Gasteiger partial charge is 0.329 e. The Hall–Kier alpha value is -3.00. The van der Waals surface area contributed by atoms with Crippen molar-refractivity contribution in [3.63, 3.8) is 0 Å². The summed E-state index contributed by atoms with van der Waals surface area (Å²) >= 11 is 3.49. The molecule has 1 fully saturated rings. The first kappa shape index (κ1) is 21.2. The van der Waals surface area contributed by atoms with Crippen LogP contribution >= 0.6 is 15.9 Å². The van der Waals surface area contributed by atoms with E-state index in [0.29, 0.717) is 5.69 Å². The second-order valence-corrected chi connectivity index (χ2v) is 8.50. The van der Waals surface area contributed by atoms with Crippen LogP contribution in [0.4, 0.5) is 10.5 Å². The average Bonchev–Trinajstić information content (AvgIpc) is 3.29. The summed E-state index contributed by atoms with van der Waals surface area (Å²) in [4.78, 5) is 21.4. The van der Waals surface area contributed by atoms with E-state index in [1.54, 1.807) is 36.4 Å². The molecule has 162 valence electrons. The minimum atomic E-state index is -0.109. The molecule has 1 aromatic heterocycles. The molecule has 0 unspecified atom stereocenters. The van der Waals surface area contributed by atoms with Gasteiger partial charge in [-0.1, -0.05) is 12.1 Å². The summed E-state index contributed by atoms with van der Waals surface area (Å²) in [6.07, 6.45) is 5.00. The Morgan fingerprint density at radius 1 is 1.23 bits per heavy atom. The number of methoxy groups -OCH3 is 1. The van der Waals surface area contributed by atoms with Gasteiger partial charge in [0.1, 0.15) is 17.8 Å². The number of aromatic hydroxyl groups is 1. The first-order valence-corrected chi connectivity index (χ1v) is 10.9. The third-order valence-electron chi connectivity index (χ3n) is 5.76. The molecule has 0 radical (unpaired) electrons. The largest absolute Gasteiger partial charge is 0.508 e. The molecule has 8 heteroatoms. The number of phenols is 1. The van der Waals surface area contributed by atoms with E-state index in [9.17, 15) is 9.90 Å². The summed E-state index contributed by atoms with van der Waals surface area (Å²) in [5.41, 5.74) is 2.54. The Labute approximate surface area is 190 Å². The number of aromatic nitrogens is 2. The van der Waals surface area contributed by atoms with Gasteiger partial charge in [-0.2, -0.15) is 0 Å². The highest BCUT2D eigenvalue weighted by Gasteiger charge is 2.27. The molecule has 3 aromatic rings. The van der Waals surface area contributed by atoms with E-state index in [-0.39, 0.29) is 17.8 Å². The van der Waals surface area contributed by atoms with E-state index in [4.69, 9.17) is 4.74 Å². The van der Waals surface area contributed by atoms with Gasteiger partial charge in [-0.05, 0) is 53.0 Å². The third kappa shape index (κ3) is 4.54. The van der Waals surface area contributed by atoms with Gasteiger partial charge in [-0.25, -0.2) is 9.78 Å². The molecule has 1 amide bonds. The topological polar surface area (TPSA) is 70.8 Å². The van der Waals surface area contributed by atoms with Crippen LogP contribution in [-0.4, -0.2) is 58.9 Å². The molecule has 1 saturated heterocycles. The van der Waals surface area contributed by atoms with Crippen molar-refractivity contribution in [1.82, 2.24) is 14.5 Å². The van der Waals surface area contributed by atoms with Gasteiger partial charge >= 0.3 is 6.03 Å². The normalized spacial score (nSPS) is 14.5. The van der Waals surface area contributed by atoms with Crippen molar-refractivity contribution in [2.24, 2.45) is 0 Å². The lowest BCUT2D eigenvalue weighted by Crippen LogP contribution is -2.46. The summed E-state index contributed by atoms with van der Waals surface area (Å²) in [5.74, 6) is 0.986. The predicted octanol–water partition coefficient (Wildman–Crippen LogP) is 4.60. The maximum atomic E-state index is 13.0. The van der Waals surface area contributed by atoms with Gasteiger partial charge in [0.25, 0.3) is 0 Å². The number of halogens is 1. The van der Waals surface area contributed by atoms with Crippen LogP contribution in [-0.2, 0) is 0 Å². The zero-order chi connectivity index (χ0) is 22.0. The molecule has 2 heterocycles. The van der Waals surface area contributed by atoms with Crippen molar-refractivity contribution in [3.05, 3.63) is 59.5 Å². The van der Waals surface area contributed by atoms with E-state index in [0.717, 1.165) is 47.4 Å². The lowest BCUT2D eigenvalue weighted by atomic mass is 10.0. The highest BCUT2D eigenvalue weighted by atomic mass is 79.9. The Bertz CT molecular complexity index is 1080. The molecule has 1 aliphatic rings. The van der Waals surface area contributed by atoms with E-state index in [2.05, 4.69) is 31.9 Å². The van der Waals surface area contributed by atoms with Crippen LogP contribution in [0.5, 0.6) is 11.5 Å². The minimum Gasteiger partial charge on any atom is -0.508 e. The van der Waals surface area contributed by atoms with Crippen LogP contribution < -0.4 is 9.64 Å². The standard InChI is InChI=1S/C23H25BrN4O3/c1-26(23(30)28-14-21(25-15-28)16-4-3-5-19(29)12-16)17-8-10-27(11-9-17)18-6-7-20(24)22(13-18)31-2/h3-7,12-15,17,29H,8-11H2,1-2H3. The number of phenolic OH excluding ortho intramolecular Hbond substituents is 1. The Balaban J connectivity index is 1.39. The number of rotatable bonds is 4. The summed E-state index contributed by atoms with van der Waals surface area (Å²) in [6, 6.07) is 13.0. The molecule has 0 saturated carbocycles. The number of nitrogens with zero attached hydrogens (tertiary/aromatic N) is 4. The number of amides is 1. The van der Waals surface area contributed by atoms with E-state index in [1.165, 1.54) is 10.9 Å². The lowest BCUT2D eigenvalue weighted by molar-refractivity contribution is 0.181. The van der Waals surface area contributed by atoms with Crippen LogP contribution in [0, 0.1) is 0 Å². The van der Waals surface area contributed by atoms with Crippen molar-refractivity contribution in [1.29, 1.82) is 0 Å². The molecular formula is C23H25BrN4O3. The second kappa shape index (κ2) is 9.01. The fourth-order valence-corrected chi connectivity index (χ4v) is 4.35. The molecule has 7 nitrogen and oxygen atoms in total. The van der Waals surface area contributed by atoms with Crippen molar-refractivity contribution in [2.45, 2.75) is 18.9 Å². The maximum Gasteiger partial charge on any atom is 0.329 e. The number of imidazole rings is 1. The van der Waals surface area contributed by atoms with Gasteiger partial charge in [0.05, 0.1) is 17.3 Å². The van der Waals surface area contributed by atoms with Gasteiger partial charge in [0.2, 0.25) is 0 Å². The van der Waals surface area contributed by atoms with Gasteiger partial charge in [-0.15, -0.1) is 0 Å². The number of carbonyl (C=O) groups is 1. The van der Waals surface area contributed by atoms with Gasteiger partial charge in [0.15, 0.2) is 0 Å². The number of piperidine rings is 1. The SMILES string of the molecule is COc1cc(N2CCC(N(C)C(=O)n3cnc(-c4cccc(O)c4)c3)CC2)ccc1Br. The first-order valence-electron chi connectivity index (χ1n) is 10.2. The predicted molar refractivity (Wildman–Crippen MR) is 124 cm³/mol. The fraction of sp³-hybridized carbons (Fsp3) is 0.304. The number of hydrogen-bond donors (Lipinski definition) is 1. The van der Waals surface area contributed by atoms with Crippen LogP contribution in [0.2, 0.25) is 0 Å². The van der Waals surface area contributed by atoms with Crippen molar-refractivity contribution < 1.29 is 14.6 Å². The molecule has 1 aliphatic heterocycles. The third-order valence-corrected chi connectivity index (χ3v) is 6.41. The van der Waals surface area contributed by atoms with E-state index >= 15 is 0 Å². The van der Waals surface area contributed by atoms with Crippen LogP contribution in [0.1, 0.15) is 12.8 Å². The molecule has 0 bridgehead atoms. The highest BCUT2D eigenvalue weighted by Crippen LogP contribution is 2.31. The highest BCUT2D eigenvalue weighted by molar-refractivity contribution is 9.10. The molecule has 0 atom stereocenters. The number of benzene rings is 2. The van der Waals surface area contributed by atoms with Crippen molar-refractivity contribution in [3.8, 4) is 22.8 Å². The number of carbonyl (C=O) groups excluding carboxylic acids is 1. The summed E-state index contributed by atoms with van der Waals surface area (Å²) in [6.45, 7) is 1.73. The number of hydrogen-bond acceptors (Lipinski definition) is 5. The molecule has 2 aromatic carbocycles. The quantitative estimate of drug-likeness (QED) is 0.585.